The van der Waals surface area contributed by atoms with Gasteiger partial charge in [0.15, 0.2) is 0 Å². The van der Waals surface area contributed by atoms with E-state index in [0.717, 1.165) is 25.1 Å². The van der Waals surface area contributed by atoms with Gasteiger partial charge in [0.1, 0.15) is 6.04 Å². The highest BCUT2D eigenvalue weighted by Crippen LogP contribution is 2.28. The molecule has 1 aromatic rings. The molecule has 0 aromatic heterocycles. The van der Waals surface area contributed by atoms with Crippen molar-refractivity contribution in [2.45, 2.75) is 91.3 Å². The molecular formula is C28H46N4O3S. The largest absolute Gasteiger partial charge is 0.391 e. The van der Waals surface area contributed by atoms with E-state index in [1.54, 1.807) is 16.7 Å². The number of aliphatic imine (C=N–C) groups is 1. The Hall–Kier alpha value is -1.90. The van der Waals surface area contributed by atoms with E-state index in [0.29, 0.717) is 17.7 Å². The molecule has 7 nitrogen and oxygen atoms in total. The molecule has 4 atom stereocenters. The minimum absolute atomic E-state index is 0.120. The lowest BCUT2D eigenvalue weighted by atomic mass is 9.85. The van der Waals surface area contributed by atoms with Crippen molar-refractivity contribution in [3.05, 3.63) is 35.4 Å². The van der Waals surface area contributed by atoms with E-state index in [4.69, 9.17) is 0 Å². The van der Waals surface area contributed by atoms with Gasteiger partial charge in [-0.25, -0.2) is 0 Å². The van der Waals surface area contributed by atoms with Crippen LogP contribution in [0.15, 0.2) is 29.3 Å². The molecule has 0 aliphatic carbocycles. The molecular weight excluding hydrogens is 472 g/mol. The zero-order valence-electron chi connectivity index (χ0n) is 23.1. The fraction of sp³-hybridized carbons (Fsp3) is 0.679. The first-order valence-electron chi connectivity index (χ1n) is 13.2. The van der Waals surface area contributed by atoms with Crippen molar-refractivity contribution in [1.29, 1.82) is 0 Å². The molecule has 36 heavy (non-hydrogen) atoms. The Balaban J connectivity index is 2.01. The van der Waals surface area contributed by atoms with Crippen molar-refractivity contribution in [1.82, 2.24) is 15.5 Å². The second-order valence-corrected chi connectivity index (χ2v) is 12.4. The Morgan fingerprint density at radius 1 is 1.22 bits per heavy atom. The number of amides is 2. The number of nitrogens with one attached hydrogen (secondary N) is 2. The number of benzene rings is 1. The van der Waals surface area contributed by atoms with Gasteiger partial charge in [0.25, 0.3) is 0 Å². The molecule has 1 aromatic carbocycles. The third-order valence-electron chi connectivity index (χ3n) is 6.49. The summed E-state index contributed by atoms with van der Waals surface area (Å²) in [4.78, 5) is 32.5. The molecule has 202 valence electrons. The second-order valence-electron chi connectivity index (χ2n) is 11.2. The second kappa shape index (κ2) is 14.1. The zero-order chi connectivity index (χ0) is 26.9. The lowest BCUT2D eigenvalue weighted by molar-refractivity contribution is -0.142. The van der Waals surface area contributed by atoms with E-state index >= 15 is 0 Å². The van der Waals surface area contributed by atoms with Crippen LogP contribution in [0.2, 0.25) is 0 Å². The van der Waals surface area contributed by atoms with Crippen molar-refractivity contribution in [2.75, 3.05) is 19.6 Å². The summed E-state index contributed by atoms with van der Waals surface area (Å²) in [5.74, 6) is 0.190. The van der Waals surface area contributed by atoms with Gasteiger partial charge >= 0.3 is 0 Å². The highest BCUT2D eigenvalue weighted by molar-refractivity contribution is 8.12. The van der Waals surface area contributed by atoms with Gasteiger partial charge in [-0.1, -0.05) is 58.9 Å². The lowest BCUT2D eigenvalue weighted by Gasteiger charge is -2.35. The number of aliphatic hydroxyl groups excluding tert-OH is 1. The maximum atomic E-state index is 13.6. The summed E-state index contributed by atoms with van der Waals surface area (Å²) in [5.41, 5.74) is 3.77. The minimum Gasteiger partial charge on any atom is -0.391 e. The normalized spacial score (nSPS) is 20.2. The third kappa shape index (κ3) is 9.20. The molecule has 1 aliphatic rings. The predicted molar refractivity (Wildman–Crippen MR) is 150 cm³/mol. The summed E-state index contributed by atoms with van der Waals surface area (Å²) in [5, 5.41) is 17.0. The lowest BCUT2D eigenvalue weighted by Crippen LogP contribution is -2.56. The third-order valence-corrected chi connectivity index (χ3v) is 7.44. The summed E-state index contributed by atoms with van der Waals surface area (Å²) in [6.45, 7) is 16.6. The highest BCUT2D eigenvalue weighted by Gasteiger charge is 2.43. The van der Waals surface area contributed by atoms with Gasteiger partial charge in [-0.05, 0) is 49.3 Å². The van der Waals surface area contributed by atoms with Gasteiger partial charge < -0.3 is 20.6 Å². The van der Waals surface area contributed by atoms with Crippen LogP contribution in [-0.2, 0) is 16.1 Å². The van der Waals surface area contributed by atoms with Crippen LogP contribution >= 0.6 is 11.8 Å². The molecule has 1 fully saturated rings. The molecule has 3 N–H and O–H groups in total. The molecule has 0 saturated carbocycles. The van der Waals surface area contributed by atoms with E-state index in [1.807, 2.05) is 45.4 Å². The van der Waals surface area contributed by atoms with Crippen molar-refractivity contribution < 1.29 is 14.7 Å². The number of β-amino-alcohol motifs (C(OH)–C–C–N with tert-alkyl or cyclic N) is 1. The fourth-order valence-electron chi connectivity index (χ4n) is 4.25. The van der Waals surface area contributed by atoms with E-state index in [2.05, 4.69) is 48.5 Å². The Morgan fingerprint density at radius 3 is 2.47 bits per heavy atom. The van der Waals surface area contributed by atoms with Crippen molar-refractivity contribution in [3.63, 3.8) is 0 Å². The molecule has 0 spiro atoms. The first-order valence-corrected chi connectivity index (χ1v) is 14.1. The molecule has 8 heteroatoms. The zero-order valence-corrected chi connectivity index (χ0v) is 23.9. The Kier molecular flexibility index (Phi) is 11.9. The number of aliphatic hydroxyl groups is 1. The van der Waals surface area contributed by atoms with Crippen LogP contribution in [0.5, 0.6) is 0 Å². The summed E-state index contributed by atoms with van der Waals surface area (Å²) < 4.78 is 0. The van der Waals surface area contributed by atoms with E-state index in [1.165, 1.54) is 5.56 Å². The molecule has 1 aliphatic heterocycles. The maximum absolute atomic E-state index is 13.6. The van der Waals surface area contributed by atoms with Crippen LogP contribution in [0.25, 0.3) is 0 Å². The van der Waals surface area contributed by atoms with Gasteiger partial charge in [0.2, 0.25) is 11.8 Å². The van der Waals surface area contributed by atoms with Gasteiger partial charge in [-0.15, -0.1) is 11.8 Å². The van der Waals surface area contributed by atoms with Crippen molar-refractivity contribution in [2.24, 2.45) is 16.3 Å². The number of hydrogen-bond acceptors (Lipinski definition) is 6. The van der Waals surface area contributed by atoms with Crippen LogP contribution < -0.4 is 10.6 Å². The monoisotopic (exact) mass is 518 g/mol. The molecule has 0 bridgehead atoms. The van der Waals surface area contributed by atoms with E-state index < -0.39 is 18.2 Å². The predicted octanol–water partition coefficient (Wildman–Crippen LogP) is 4.16. The summed E-state index contributed by atoms with van der Waals surface area (Å²) in [7, 11) is 0. The number of hydrogen-bond donors (Lipinski definition) is 3. The van der Waals surface area contributed by atoms with Gasteiger partial charge in [0.05, 0.1) is 17.7 Å². The van der Waals surface area contributed by atoms with Crippen LogP contribution in [0.1, 0.15) is 77.7 Å². The molecule has 2 amide bonds. The minimum atomic E-state index is -0.699. The van der Waals surface area contributed by atoms with Crippen LogP contribution in [0, 0.1) is 11.3 Å². The molecule has 2 rings (SSSR count). The standard InChI is InChI=1S/C28H46N4O3S/c1-8-29-18-36-20(4)22-11-9-21(10-12-22)16-31-26(34)24-15-23(33)17-32(24)27(35)25(28(5,6)7)30-14-13-19(2)3/h9-12,18-20,23-25,30,33H,8,13-17H2,1-7H3,(H,31,34)/t20?,23-,24+,25-/m1/s1. The Labute approximate surface area is 221 Å². The number of likely N-dealkylation sites (tertiary alicyclic amines) is 1. The molecule has 1 unspecified atom stereocenters. The van der Waals surface area contributed by atoms with Crippen LogP contribution in [-0.4, -0.2) is 65.2 Å². The number of nitrogens with zero attached hydrogens (tertiary/aromatic N) is 2. The van der Waals surface area contributed by atoms with Crippen molar-refractivity contribution >= 4 is 29.1 Å². The topological polar surface area (TPSA) is 94.0 Å². The Morgan fingerprint density at radius 2 is 1.89 bits per heavy atom. The maximum Gasteiger partial charge on any atom is 0.243 e. The fourth-order valence-corrected chi connectivity index (χ4v) is 4.98. The number of thioether (sulfide) groups is 1. The Bertz CT molecular complexity index is 867. The average Bonchev–Trinajstić information content (AvgIpc) is 3.21. The molecule has 0 radical (unpaired) electrons. The summed E-state index contributed by atoms with van der Waals surface area (Å²) in [6.07, 6.45) is 0.526. The van der Waals surface area contributed by atoms with E-state index in [-0.39, 0.29) is 30.2 Å². The van der Waals surface area contributed by atoms with Gasteiger partial charge in [-0.3, -0.25) is 14.6 Å². The van der Waals surface area contributed by atoms with Crippen LogP contribution in [0.3, 0.4) is 0 Å². The highest BCUT2D eigenvalue weighted by atomic mass is 32.2. The molecule has 1 saturated heterocycles. The summed E-state index contributed by atoms with van der Waals surface area (Å²) in [6, 6.07) is 7.09. The quantitative estimate of drug-likeness (QED) is 0.285. The summed E-state index contributed by atoms with van der Waals surface area (Å²) >= 11 is 1.68. The first kappa shape index (κ1) is 30.3. The van der Waals surface area contributed by atoms with Gasteiger partial charge in [-0.2, -0.15) is 0 Å². The number of rotatable bonds is 12. The smallest absolute Gasteiger partial charge is 0.243 e. The first-order chi connectivity index (χ1) is 16.9. The number of carbonyl (C=O) groups is 2. The number of carbonyl (C=O) groups excluding carboxylic acids is 2. The van der Waals surface area contributed by atoms with Crippen molar-refractivity contribution in [3.8, 4) is 0 Å². The average molecular weight is 519 g/mol. The molecule has 1 heterocycles. The SMILES string of the molecule is CCN=CSC(C)c1ccc(CNC(=O)[C@@H]2C[C@@H](O)CN2C(=O)[C@@H](NCCC(C)C)C(C)(C)C)cc1. The van der Waals surface area contributed by atoms with E-state index in [9.17, 15) is 14.7 Å². The van der Waals surface area contributed by atoms with Gasteiger partial charge in [0, 0.05) is 31.3 Å². The van der Waals surface area contributed by atoms with Crippen LogP contribution in [0.4, 0.5) is 0 Å².